The van der Waals surface area contributed by atoms with E-state index in [-0.39, 0.29) is 5.91 Å². The smallest absolute Gasteiger partial charge is 0.222 e. The topological polar surface area (TPSA) is 49.6 Å². The minimum Gasteiger partial charge on any atom is -0.398 e. The van der Waals surface area contributed by atoms with E-state index in [9.17, 15) is 4.79 Å². The summed E-state index contributed by atoms with van der Waals surface area (Å²) in [5.41, 5.74) is 7.42. The third kappa shape index (κ3) is 4.35. The predicted molar refractivity (Wildman–Crippen MR) is 87.5 cm³/mol. The summed E-state index contributed by atoms with van der Waals surface area (Å²) in [6.45, 7) is 2.13. The molecule has 1 amide bonds. The van der Waals surface area contributed by atoms with Gasteiger partial charge < -0.3 is 15.5 Å². The second-order valence-electron chi connectivity index (χ2n) is 5.89. The summed E-state index contributed by atoms with van der Waals surface area (Å²) < 4.78 is 0. The van der Waals surface area contributed by atoms with Gasteiger partial charge in [-0.2, -0.15) is 0 Å². The molecule has 1 fully saturated rings. The zero-order valence-electron chi connectivity index (χ0n) is 12.8. The fourth-order valence-corrected chi connectivity index (χ4v) is 2.88. The minimum atomic E-state index is 0.207. The highest BCUT2D eigenvalue weighted by Crippen LogP contribution is 2.21. The molecule has 2 N–H and O–H groups in total. The van der Waals surface area contributed by atoms with Crippen molar-refractivity contribution in [2.24, 2.45) is 0 Å². The molecule has 0 saturated carbocycles. The number of carbonyl (C=O) groups excluding carboxylic acids is 1. The zero-order valence-corrected chi connectivity index (χ0v) is 13.6. The van der Waals surface area contributed by atoms with Gasteiger partial charge in [0, 0.05) is 19.5 Å². The first-order chi connectivity index (χ1) is 9.97. The van der Waals surface area contributed by atoms with E-state index in [1.54, 1.807) is 6.07 Å². The van der Waals surface area contributed by atoms with E-state index in [0.29, 0.717) is 29.6 Å². The Morgan fingerprint density at radius 3 is 2.71 bits per heavy atom. The number of nitrogens with zero attached hydrogens (tertiary/aromatic N) is 2. The van der Waals surface area contributed by atoms with E-state index in [2.05, 4.69) is 11.9 Å². The van der Waals surface area contributed by atoms with Crippen LogP contribution in [0.1, 0.15) is 24.8 Å². The Kier molecular flexibility index (Phi) is 5.48. The van der Waals surface area contributed by atoms with Crippen LogP contribution in [0.15, 0.2) is 18.2 Å². The zero-order chi connectivity index (χ0) is 15.4. The van der Waals surface area contributed by atoms with Gasteiger partial charge in [-0.15, -0.1) is 0 Å². The van der Waals surface area contributed by atoms with E-state index in [1.807, 2.05) is 24.1 Å². The van der Waals surface area contributed by atoms with Gasteiger partial charge in [0.05, 0.1) is 10.7 Å². The van der Waals surface area contributed by atoms with Crippen molar-refractivity contribution in [2.45, 2.75) is 31.7 Å². The molecule has 0 atom stereocenters. The molecule has 0 aromatic heterocycles. The van der Waals surface area contributed by atoms with Crippen LogP contribution < -0.4 is 5.73 Å². The molecule has 0 bridgehead atoms. The first-order valence-corrected chi connectivity index (χ1v) is 7.83. The van der Waals surface area contributed by atoms with Gasteiger partial charge in [0.2, 0.25) is 5.91 Å². The average molecular weight is 310 g/mol. The Bertz CT molecular complexity index is 498. The van der Waals surface area contributed by atoms with Gasteiger partial charge in [-0.1, -0.05) is 17.7 Å². The quantitative estimate of drug-likeness (QED) is 0.869. The minimum absolute atomic E-state index is 0.207. The van der Waals surface area contributed by atoms with Gasteiger partial charge in [-0.25, -0.2) is 0 Å². The van der Waals surface area contributed by atoms with E-state index in [0.717, 1.165) is 31.5 Å². The van der Waals surface area contributed by atoms with Crippen molar-refractivity contribution in [3.63, 3.8) is 0 Å². The molecular formula is C16H24ClN3O. The number of likely N-dealkylation sites (tertiary alicyclic amines) is 1. The number of piperidine rings is 1. The molecular weight excluding hydrogens is 286 g/mol. The molecule has 1 heterocycles. The SMILES string of the molecule is CN1CCC(N(C)C(=O)CCc2ccc(Cl)c(N)c2)CC1. The number of benzene rings is 1. The summed E-state index contributed by atoms with van der Waals surface area (Å²) >= 11 is 5.90. The lowest BCUT2D eigenvalue weighted by molar-refractivity contribution is -0.132. The highest BCUT2D eigenvalue weighted by atomic mass is 35.5. The summed E-state index contributed by atoms with van der Waals surface area (Å²) in [6, 6.07) is 5.95. The number of carbonyl (C=O) groups is 1. The third-order valence-electron chi connectivity index (χ3n) is 4.32. The number of rotatable bonds is 4. The van der Waals surface area contributed by atoms with Crippen LogP contribution in [-0.4, -0.2) is 48.9 Å². The van der Waals surface area contributed by atoms with Gasteiger partial charge in [0.25, 0.3) is 0 Å². The van der Waals surface area contributed by atoms with Gasteiger partial charge in [0.15, 0.2) is 0 Å². The number of aryl methyl sites for hydroxylation is 1. The molecule has 2 rings (SSSR count). The summed E-state index contributed by atoms with van der Waals surface area (Å²) in [5.74, 6) is 0.207. The molecule has 4 nitrogen and oxygen atoms in total. The molecule has 0 aliphatic carbocycles. The van der Waals surface area contributed by atoms with Crippen molar-refractivity contribution in [2.75, 3.05) is 32.9 Å². The average Bonchev–Trinajstić information content (AvgIpc) is 2.48. The largest absolute Gasteiger partial charge is 0.398 e. The highest BCUT2D eigenvalue weighted by molar-refractivity contribution is 6.33. The molecule has 21 heavy (non-hydrogen) atoms. The Morgan fingerprint density at radius 2 is 2.10 bits per heavy atom. The van der Waals surface area contributed by atoms with Crippen molar-refractivity contribution in [1.82, 2.24) is 9.80 Å². The molecule has 1 aliphatic rings. The van der Waals surface area contributed by atoms with Crippen molar-refractivity contribution >= 4 is 23.2 Å². The van der Waals surface area contributed by atoms with Gasteiger partial charge in [-0.05, 0) is 57.1 Å². The number of hydrogen-bond donors (Lipinski definition) is 1. The van der Waals surface area contributed by atoms with Crippen LogP contribution in [-0.2, 0) is 11.2 Å². The monoisotopic (exact) mass is 309 g/mol. The summed E-state index contributed by atoms with van der Waals surface area (Å²) in [5, 5.41) is 0.563. The predicted octanol–water partition coefficient (Wildman–Crippen LogP) is 2.41. The number of amides is 1. The summed E-state index contributed by atoms with van der Waals surface area (Å²) in [4.78, 5) is 16.5. The number of nitrogens with two attached hydrogens (primary N) is 1. The van der Waals surface area contributed by atoms with Crippen LogP contribution in [0.4, 0.5) is 5.69 Å². The molecule has 1 aliphatic heterocycles. The molecule has 5 heteroatoms. The molecule has 0 unspecified atom stereocenters. The number of anilines is 1. The normalized spacial score (nSPS) is 16.9. The fourth-order valence-electron chi connectivity index (χ4n) is 2.76. The van der Waals surface area contributed by atoms with Crippen molar-refractivity contribution in [3.05, 3.63) is 28.8 Å². The van der Waals surface area contributed by atoms with Gasteiger partial charge in [-0.3, -0.25) is 4.79 Å². The molecule has 0 spiro atoms. The Morgan fingerprint density at radius 1 is 1.43 bits per heavy atom. The van der Waals surface area contributed by atoms with Crippen LogP contribution in [0.5, 0.6) is 0 Å². The van der Waals surface area contributed by atoms with E-state index in [1.165, 1.54) is 0 Å². The van der Waals surface area contributed by atoms with Gasteiger partial charge in [0.1, 0.15) is 0 Å². The van der Waals surface area contributed by atoms with E-state index >= 15 is 0 Å². The maximum absolute atomic E-state index is 12.3. The van der Waals surface area contributed by atoms with Crippen LogP contribution >= 0.6 is 11.6 Å². The van der Waals surface area contributed by atoms with E-state index in [4.69, 9.17) is 17.3 Å². The Balaban J connectivity index is 1.84. The van der Waals surface area contributed by atoms with Crippen molar-refractivity contribution < 1.29 is 4.79 Å². The van der Waals surface area contributed by atoms with Crippen molar-refractivity contribution in [3.8, 4) is 0 Å². The first kappa shape index (κ1) is 16.1. The standard InChI is InChI=1S/C16H24ClN3O/c1-19-9-7-13(8-10-19)20(2)16(21)6-4-12-3-5-14(17)15(18)11-12/h3,5,11,13H,4,6-10,18H2,1-2H3. The third-order valence-corrected chi connectivity index (χ3v) is 4.66. The lowest BCUT2D eigenvalue weighted by Gasteiger charge is -2.35. The molecule has 0 radical (unpaired) electrons. The van der Waals surface area contributed by atoms with Crippen LogP contribution in [0.2, 0.25) is 5.02 Å². The lowest BCUT2D eigenvalue weighted by Crippen LogP contribution is -2.44. The van der Waals surface area contributed by atoms with E-state index < -0.39 is 0 Å². The second-order valence-corrected chi connectivity index (χ2v) is 6.30. The number of nitrogen functional groups attached to an aromatic ring is 1. The first-order valence-electron chi connectivity index (χ1n) is 7.45. The molecule has 1 aromatic carbocycles. The summed E-state index contributed by atoms with van der Waals surface area (Å²) in [7, 11) is 4.05. The maximum atomic E-state index is 12.3. The second kappa shape index (κ2) is 7.14. The fraction of sp³-hybridized carbons (Fsp3) is 0.562. The maximum Gasteiger partial charge on any atom is 0.222 e. The Labute approximate surface area is 131 Å². The number of halogens is 1. The molecule has 1 saturated heterocycles. The Hall–Kier alpha value is -1.26. The van der Waals surface area contributed by atoms with Crippen LogP contribution in [0.25, 0.3) is 0 Å². The highest BCUT2D eigenvalue weighted by Gasteiger charge is 2.23. The van der Waals surface area contributed by atoms with Crippen LogP contribution in [0.3, 0.4) is 0 Å². The van der Waals surface area contributed by atoms with Gasteiger partial charge >= 0.3 is 0 Å². The molecule has 116 valence electrons. The lowest BCUT2D eigenvalue weighted by atomic mass is 10.0. The number of hydrogen-bond acceptors (Lipinski definition) is 3. The summed E-state index contributed by atoms with van der Waals surface area (Å²) in [6.07, 6.45) is 3.35. The van der Waals surface area contributed by atoms with Crippen LogP contribution in [0, 0.1) is 0 Å². The molecule has 1 aromatic rings. The van der Waals surface area contributed by atoms with Crippen molar-refractivity contribution in [1.29, 1.82) is 0 Å².